The van der Waals surface area contributed by atoms with E-state index in [-0.39, 0.29) is 18.2 Å². The number of nitrogens with zero attached hydrogens (tertiary/aromatic N) is 2. The number of benzene rings is 3. The first kappa shape index (κ1) is 23.0. The molecule has 0 spiro atoms. The number of amides is 1. The number of nitro groups is 1. The molecule has 4 rings (SSSR count). The number of ether oxygens (including phenoxy) is 1. The minimum Gasteiger partial charge on any atom is -0.488 e. The predicted octanol–water partition coefficient (Wildman–Crippen LogP) is 6.30. The molecule has 1 fully saturated rings. The highest BCUT2D eigenvalue weighted by Crippen LogP contribution is 2.38. The van der Waals surface area contributed by atoms with Crippen LogP contribution in [-0.4, -0.2) is 21.4 Å². The topological polar surface area (TPSA) is 72.7 Å². The number of non-ortho nitro benzene ring substituents is 1. The van der Waals surface area contributed by atoms with Gasteiger partial charge in [-0.2, -0.15) is 0 Å². The fourth-order valence-electron chi connectivity index (χ4n) is 3.19. The summed E-state index contributed by atoms with van der Waals surface area (Å²) in [4.78, 5) is 26.6. The van der Waals surface area contributed by atoms with Crippen molar-refractivity contribution < 1.29 is 14.5 Å². The molecule has 1 aliphatic rings. The smallest absolute Gasteiger partial charge is 0.270 e. The van der Waals surface area contributed by atoms with Gasteiger partial charge >= 0.3 is 0 Å². The number of thioether (sulfide) groups is 2. The Labute approximate surface area is 204 Å². The molecular formula is C24H18N2O4S3. The first-order valence-electron chi connectivity index (χ1n) is 9.83. The monoisotopic (exact) mass is 494 g/mol. The molecule has 1 heterocycles. The van der Waals surface area contributed by atoms with Crippen LogP contribution in [0.2, 0.25) is 0 Å². The number of carbonyl (C=O) groups excluding carboxylic acids is 1. The molecule has 3 aromatic rings. The van der Waals surface area contributed by atoms with Crippen LogP contribution in [0.4, 0.5) is 11.4 Å². The van der Waals surface area contributed by atoms with Crippen LogP contribution in [0, 0.1) is 10.1 Å². The van der Waals surface area contributed by atoms with Crippen molar-refractivity contribution in [2.75, 3.05) is 11.2 Å². The van der Waals surface area contributed by atoms with E-state index in [4.69, 9.17) is 17.0 Å². The predicted molar refractivity (Wildman–Crippen MR) is 138 cm³/mol. The Bertz CT molecular complexity index is 1260. The van der Waals surface area contributed by atoms with Gasteiger partial charge in [-0.1, -0.05) is 48.2 Å². The zero-order valence-electron chi connectivity index (χ0n) is 17.5. The summed E-state index contributed by atoms with van der Waals surface area (Å²) < 4.78 is 6.43. The highest BCUT2D eigenvalue weighted by Gasteiger charge is 2.33. The van der Waals surface area contributed by atoms with E-state index in [2.05, 4.69) is 0 Å². The second-order valence-corrected chi connectivity index (χ2v) is 9.52. The van der Waals surface area contributed by atoms with Gasteiger partial charge in [-0.05, 0) is 54.3 Å². The zero-order chi connectivity index (χ0) is 23.4. The maximum Gasteiger partial charge on any atom is 0.270 e. The number of rotatable bonds is 7. The average Bonchev–Trinajstić information content (AvgIpc) is 3.11. The van der Waals surface area contributed by atoms with Crippen molar-refractivity contribution in [2.24, 2.45) is 0 Å². The van der Waals surface area contributed by atoms with Crippen molar-refractivity contribution in [2.45, 2.75) is 11.5 Å². The van der Waals surface area contributed by atoms with E-state index in [1.807, 2.05) is 54.8 Å². The lowest BCUT2D eigenvalue weighted by Gasteiger charge is -2.15. The van der Waals surface area contributed by atoms with E-state index in [1.54, 1.807) is 34.9 Å². The molecule has 0 radical (unpaired) electrons. The molecule has 1 amide bonds. The minimum atomic E-state index is -0.437. The molecule has 0 bridgehead atoms. The normalized spacial score (nSPS) is 14.7. The van der Waals surface area contributed by atoms with Gasteiger partial charge in [0.15, 0.2) is 4.32 Å². The molecule has 6 nitrogen and oxygen atoms in total. The van der Waals surface area contributed by atoms with Crippen molar-refractivity contribution in [1.29, 1.82) is 0 Å². The summed E-state index contributed by atoms with van der Waals surface area (Å²) in [6.07, 6.45) is 3.76. The Balaban J connectivity index is 1.54. The van der Waals surface area contributed by atoms with Gasteiger partial charge in [-0.25, -0.2) is 0 Å². The van der Waals surface area contributed by atoms with Crippen LogP contribution >= 0.6 is 35.7 Å². The van der Waals surface area contributed by atoms with Crippen molar-refractivity contribution in [3.8, 4) is 5.75 Å². The summed E-state index contributed by atoms with van der Waals surface area (Å²) in [5.74, 6) is 0.430. The van der Waals surface area contributed by atoms with Gasteiger partial charge in [0.05, 0.1) is 15.5 Å². The van der Waals surface area contributed by atoms with Crippen molar-refractivity contribution in [1.82, 2.24) is 0 Å². The molecule has 9 heteroatoms. The summed E-state index contributed by atoms with van der Waals surface area (Å²) in [7, 11) is 0. The third-order valence-electron chi connectivity index (χ3n) is 4.85. The molecule has 0 N–H and O–H groups in total. The average molecular weight is 495 g/mol. The second kappa shape index (κ2) is 10.2. The Kier molecular flexibility index (Phi) is 7.12. The molecule has 166 valence electrons. The summed E-state index contributed by atoms with van der Waals surface area (Å²) in [5, 5.41) is 10.8. The molecule has 3 aromatic carbocycles. The van der Waals surface area contributed by atoms with Crippen LogP contribution in [0.5, 0.6) is 5.75 Å². The van der Waals surface area contributed by atoms with Crippen LogP contribution in [0.25, 0.3) is 6.08 Å². The van der Waals surface area contributed by atoms with E-state index in [0.717, 1.165) is 21.7 Å². The lowest BCUT2D eigenvalue weighted by molar-refractivity contribution is -0.384. The number of thiocarbonyl (C=S) groups is 1. The Morgan fingerprint density at radius 3 is 2.61 bits per heavy atom. The van der Waals surface area contributed by atoms with Gasteiger partial charge in [-0.15, -0.1) is 11.8 Å². The van der Waals surface area contributed by atoms with Gasteiger partial charge in [0.2, 0.25) is 0 Å². The quantitative estimate of drug-likeness (QED) is 0.125. The van der Waals surface area contributed by atoms with Gasteiger partial charge in [0, 0.05) is 22.6 Å². The van der Waals surface area contributed by atoms with Gasteiger partial charge < -0.3 is 4.74 Å². The highest BCUT2D eigenvalue weighted by molar-refractivity contribution is 8.27. The maximum atomic E-state index is 13.1. The highest BCUT2D eigenvalue weighted by atomic mass is 32.2. The van der Waals surface area contributed by atoms with E-state index in [1.165, 1.54) is 23.9 Å². The second-order valence-electron chi connectivity index (χ2n) is 6.97. The van der Waals surface area contributed by atoms with Crippen LogP contribution in [0.15, 0.2) is 82.6 Å². The number of carbonyl (C=O) groups is 1. The number of nitro benzene ring substituents is 1. The summed E-state index contributed by atoms with van der Waals surface area (Å²) in [5.41, 5.74) is 2.33. The fourth-order valence-corrected chi connectivity index (χ4v) is 4.93. The number of para-hydroxylation sites is 1. The lowest BCUT2D eigenvalue weighted by Crippen LogP contribution is -2.27. The van der Waals surface area contributed by atoms with Gasteiger partial charge in [0.1, 0.15) is 12.4 Å². The third-order valence-corrected chi connectivity index (χ3v) is 6.88. The number of hydrogen-bond acceptors (Lipinski definition) is 7. The Hall–Kier alpha value is -3.14. The molecule has 33 heavy (non-hydrogen) atoms. The van der Waals surface area contributed by atoms with Crippen molar-refractivity contribution >= 4 is 63.4 Å². The molecule has 0 unspecified atom stereocenters. The summed E-state index contributed by atoms with van der Waals surface area (Å²) in [6, 6.07) is 21.3. The van der Waals surface area contributed by atoms with Crippen LogP contribution in [0.3, 0.4) is 0 Å². The molecule has 1 aliphatic heterocycles. The zero-order valence-corrected chi connectivity index (χ0v) is 19.9. The summed E-state index contributed by atoms with van der Waals surface area (Å²) >= 11 is 8.35. The van der Waals surface area contributed by atoms with E-state index in [9.17, 15) is 14.9 Å². The van der Waals surface area contributed by atoms with E-state index in [0.29, 0.717) is 15.0 Å². The Morgan fingerprint density at radius 2 is 1.88 bits per heavy atom. The van der Waals surface area contributed by atoms with Gasteiger partial charge in [-0.3, -0.25) is 19.8 Å². The largest absolute Gasteiger partial charge is 0.488 e. The molecule has 0 aliphatic carbocycles. The molecular weight excluding hydrogens is 476 g/mol. The molecule has 1 saturated heterocycles. The first-order valence-corrected chi connectivity index (χ1v) is 12.3. The summed E-state index contributed by atoms with van der Waals surface area (Å²) in [6.45, 7) is 0.241. The lowest BCUT2D eigenvalue weighted by atomic mass is 10.1. The molecule has 0 saturated carbocycles. The SMILES string of the molecule is CSc1cccc(N2C(=O)/C(=C/c3ccccc3OCc3ccc([N+](=O)[O-])cc3)SC2=S)c1. The molecule has 0 aromatic heterocycles. The fraction of sp³-hybridized carbons (Fsp3) is 0.0833. The Morgan fingerprint density at radius 1 is 1.12 bits per heavy atom. The molecule has 0 atom stereocenters. The van der Waals surface area contributed by atoms with Crippen molar-refractivity contribution in [3.05, 3.63) is 98.9 Å². The number of anilines is 1. The van der Waals surface area contributed by atoms with Crippen LogP contribution in [-0.2, 0) is 11.4 Å². The minimum absolute atomic E-state index is 0.0317. The van der Waals surface area contributed by atoms with Crippen molar-refractivity contribution in [3.63, 3.8) is 0 Å². The van der Waals surface area contributed by atoms with Gasteiger partial charge in [0.25, 0.3) is 11.6 Å². The van der Waals surface area contributed by atoms with E-state index < -0.39 is 4.92 Å². The van der Waals surface area contributed by atoms with Crippen LogP contribution in [0.1, 0.15) is 11.1 Å². The standard InChI is InChI=1S/C24H18N2O4S3/c1-32-20-7-4-6-19(14-20)25-23(27)22(33-24(25)31)13-17-5-2-3-8-21(17)30-15-16-9-11-18(12-10-16)26(28)29/h2-14H,15H2,1H3/b22-13-. The third kappa shape index (κ3) is 5.27. The van der Waals surface area contributed by atoms with E-state index >= 15 is 0 Å². The maximum absolute atomic E-state index is 13.1. The number of hydrogen-bond donors (Lipinski definition) is 0. The first-order chi connectivity index (χ1) is 16.0. The van der Waals surface area contributed by atoms with Crippen LogP contribution < -0.4 is 9.64 Å².